The van der Waals surface area contributed by atoms with Crippen LogP contribution in [0.4, 0.5) is 10.1 Å². The Morgan fingerprint density at radius 3 is 2.72 bits per heavy atom. The van der Waals surface area contributed by atoms with Crippen molar-refractivity contribution in [2.24, 2.45) is 0 Å². The third-order valence-corrected chi connectivity index (χ3v) is 4.03. The monoisotopic (exact) mass is 342 g/mol. The number of amides is 2. The minimum absolute atomic E-state index is 0.108. The zero-order valence-electron chi connectivity index (χ0n) is 13.9. The highest BCUT2D eigenvalue weighted by Gasteiger charge is 2.32. The predicted molar refractivity (Wildman–Crippen MR) is 91.7 cm³/mol. The minimum Gasteiger partial charge on any atom is -0.489 e. The molecule has 1 heterocycles. The molecule has 1 aliphatic heterocycles. The summed E-state index contributed by atoms with van der Waals surface area (Å²) in [6.07, 6.45) is 0.593. The smallest absolute Gasteiger partial charge is 0.249 e. The van der Waals surface area contributed by atoms with Gasteiger partial charge in [0.2, 0.25) is 11.8 Å². The summed E-state index contributed by atoms with van der Waals surface area (Å²) in [5.41, 5.74) is 1.51. The summed E-state index contributed by atoms with van der Waals surface area (Å²) >= 11 is 0. The van der Waals surface area contributed by atoms with Crippen LogP contribution in [0, 0.1) is 5.82 Å². The van der Waals surface area contributed by atoms with Crippen LogP contribution in [0.1, 0.15) is 18.9 Å². The fourth-order valence-electron chi connectivity index (χ4n) is 2.83. The molecule has 0 spiro atoms. The fourth-order valence-corrected chi connectivity index (χ4v) is 2.83. The van der Waals surface area contributed by atoms with Gasteiger partial charge in [-0.05, 0) is 48.4 Å². The van der Waals surface area contributed by atoms with Gasteiger partial charge >= 0.3 is 0 Å². The molecule has 3 rings (SSSR count). The first-order chi connectivity index (χ1) is 12.0. The Labute approximate surface area is 145 Å². The predicted octanol–water partition coefficient (Wildman–Crippen LogP) is 2.65. The van der Waals surface area contributed by atoms with Crippen LogP contribution in [0.2, 0.25) is 0 Å². The highest BCUT2D eigenvalue weighted by atomic mass is 19.1. The zero-order valence-corrected chi connectivity index (χ0v) is 13.9. The Morgan fingerprint density at radius 2 is 2.04 bits per heavy atom. The van der Waals surface area contributed by atoms with Crippen LogP contribution < -0.4 is 15.0 Å². The average Bonchev–Trinajstić information content (AvgIpc) is 2.94. The van der Waals surface area contributed by atoms with E-state index in [1.54, 1.807) is 41.3 Å². The van der Waals surface area contributed by atoms with Crippen molar-refractivity contribution in [2.45, 2.75) is 26.0 Å². The molecule has 0 bridgehead atoms. The number of nitrogens with one attached hydrogen (secondary N) is 1. The summed E-state index contributed by atoms with van der Waals surface area (Å²) < 4.78 is 18.8. The molecule has 0 radical (unpaired) electrons. The lowest BCUT2D eigenvalue weighted by atomic mass is 10.2. The molecule has 0 saturated carbocycles. The van der Waals surface area contributed by atoms with E-state index in [1.807, 2.05) is 0 Å². The summed E-state index contributed by atoms with van der Waals surface area (Å²) in [5.74, 6) is 0.0284. The molecule has 1 atom stereocenters. The number of benzene rings is 2. The summed E-state index contributed by atoms with van der Waals surface area (Å²) in [4.78, 5) is 25.1. The highest BCUT2D eigenvalue weighted by Crippen LogP contribution is 2.24. The number of halogens is 1. The standard InChI is InChI=1S/C19H19FN2O3/c1-13(23)21-18-9-10-22(19(18)24)16-5-7-17(8-6-16)25-12-14-3-2-4-15(20)11-14/h2-8,11,18H,9-10,12H2,1H3,(H,21,23). The number of hydrogen-bond donors (Lipinski definition) is 1. The molecule has 25 heavy (non-hydrogen) atoms. The van der Waals surface area contributed by atoms with Gasteiger partial charge in [-0.1, -0.05) is 12.1 Å². The van der Waals surface area contributed by atoms with Crippen LogP contribution >= 0.6 is 0 Å². The number of carbonyl (C=O) groups excluding carboxylic acids is 2. The lowest BCUT2D eigenvalue weighted by molar-refractivity contribution is -0.125. The molecule has 1 aliphatic rings. The van der Waals surface area contributed by atoms with E-state index in [0.717, 1.165) is 11.3 Å². The third kappa shape index (κ3) is 4.15. The fraction of sp³-hybridized carbons (Fsp3) is 0.263. The highest BCUT2D eigenvalue weighted by molar-refractivity contribution is 6.01. The number of hydrogen-bond acceptors (Lipinski definition) is 3. The van der Waals surface area contributed by atoms with Gasteiger partial charge in [-0.25, -0.2) is 4.39 Å². The Hall–Kier alpha value is -2.89. The normalized spacial score (nSPS) is 16.8. The summed E-state index contributed by atoms with van der Waals surface area (Å²) in [6.45, 7) is 2.23. The number of anilines is 1. The SMILES string of the molecule is CC(=O)NC1CCN(c2ccc(OCc3cccc(F)c3)cc2)C1=O. The largest absolute Gasteiger partial charge is 0.489 e. The first-order valence-corrected chi connectivity index (χ1v) is 8.09. The van der Waals surface area contributed by atoms with Crippen LogP contribution in [0.25, 0.3) is 0 Å². The number of ether oxygens (including phenoxy) is 1. The third-order valence-electron chi connectivity index (χ3n) is 4.03. The van der Waals surface area contributed by atoms with Gasteiger partial charge < -0.3 is 15.0 Å². The second-order valence-electron chi connectivity index (χ2n) is 5.94. The Balaban J connectivity index is 1.61. The van der Waals surface area contributed by atoms with Gasteiger partial charge in [0.25, 0.3) is 0 Å². The van der Waals surface area contributed by atoms with Crippen molar-refractivity contribution in [3.05, 3.63) is 59.9 Å². The molecule has 1 fully saturated rings. The van der Waals surface area contributed by atoms with Crippen molar-refractivity contribution in [2.75, 3.05) is 11.4 Å². The van der Waals surface area contributed by atoms with Crippen molar-refractivity contribution in [1.82, 2.24) is 5.32 Å². The van der Waals surface area contributed by atoms with Crippen molar-refractivity contribution in [1.29, 1.82) is 0 Å². The minimum atomic E-state index is -0.457. The molecule has 0 aromatic heterocycles. The summed E-state index contributed by atoms with van der Waals surface area (Å²) in [5, 5.41) is 2.66. The van der Waals surface area contributed by atoms with Crippen LogP contribution in [0.5, 0.6) is 5.75 Å². The van der Waals surface area contributed by atoms with Gasteiger partial charge in [0, 0.05) is 19.2 Å². The Kier molecular flexibility index (Phi) is 4.97. The Morgan fingerprint density at radius 1 is 1.28 bits per heavy atom. The van der Waals surface area contributed by atoms with Crippen LogP contribution in [-0.4, -0.2) is 24.4 Å². The van der Waals surface area contributed by atoms with Crippen molar-refractivity contribution in [3.8, 4) is 5.75 Å². The van der Waals surface area contributed by atoms with E-state index in [-0.39, 0.29) is 24.2 Å². The van der Waals surface area contributed by atoms with E-state index in [9.17, 15) is 14.0 Å². The van der Waals surface area contributed by atoms with Crippen molar-refractivity contribution < 1.29 is 18.7 Å². The lowest BCUT2D eigenvalue weighted by Crippen LogP contribution is -2.40. The van der Waals surface area contributed by atoms with Crippen LogP contribution in [-0.2, 0) is 16.2 Å². The molecule has 1 unspecified atom stereocenters. The molecule has 130 valence electrons. The number of rotatable bonds is 5. The molecule has 6 heteroatoms. The van der Waals surface area contributed by atoms with E-state index in [4.69, 9.17) is 4.74 Å². The second-order valence-corrected chi connectivity index (χ2v) is 5.94. The second kappa shape index (κ2) is 7.34. The lowest BCUT2D eigenvalue weighted by Gasteiger charge is -2.17. The average molecular weight is 342 g/mol. The van der Waals surface area contributed by atoms with E-state index < -0.39 is 6.04 Å². The van der Waals surface area contributed by atoms with Crippen LogP contribution in [0.15, 0.2) is 48.5 Å². The van der Waals surface area contributed by atoms with Gasteiger partial charge in [0.05, 0.1) is 0 Å². The molecular weight excluding hydrogens is 323 g/mol. The van der Waals surface area contributed by atoms with Gasteiger partial charge in [0.1, 0.15) is 24.2 Å². The number of nitrogens with zero attached hydrogens (tertiary/aromatic N) is 1. The molecule has 5 nitrogen and oxygen atoms in total. The number of carbonyl (C=O) groups is 2. The molecule has 2 aromatic carbocycles. The maximum atomic E-state index is 13.1. The van der Waals surface area contributed by atoms with Gasteiger partial charge in [-0.2, -0.15) is 0 Å². The summed E-state index contributed by atoms with van der Waals surface area (Å²) in [7, 11) is 0. The zero-order chi connectivity index (χ0) is 17.8. The first-order valence-electron chi connectivity index (χ1n) is 8.09. The molecule has 1 saturated heterocycles. The van der Waals surface area contributed by atoms with Crippen molar-refractivity contribution in [3.63, 3.8) is 0 Å². The quantitative estimate of drug-likeness (QED) is 0.909. The summed E-state index contributed by atoms with van der Waals surface area (Å²) in [6, 6.07) is 12.9. The van der Waals surface area contributed by atoms with Crippen molar-refractivity contribution >= 4 is 17.5 Å². The van der Waals surface area contributed by atoms with E-state index in [1.165, 1.54) is 19.1 Å². The Bertz CT molecular complexity index is 776. The molecule has 1 N–H and O–H groups in total. The topological polar surface area (TPSA) is 58.6 Å². The van der Waals surface area contributed by atoms with E-state index in [2.05, 4.69) is 5.32 Å². The van der Waals surface area contributed by atoms with E-state index in [0.29, 0.717) is 18.7 Å². The molecular formula is C19H19FN2O3. The van der Waals surface area contributed by atoms with Gasteiger partial charge in [-0.15, -0.1) is 0 Å². The van der Waals surface area contributed by atoms with E-state index >= 15 is 0 Å². The first kappa shape index (κ1) is 17.0. The molecule has 0 aliphatic carbocycles. The maximum Gasteiger partial charge on any atom is 0.249 e. The van der Waals surface area contributed by atoms with Crippen LogP contribution in [0.3, 0.4) is 0 Å². The maximum absolute atomic E-state index is 13.1. The van der Waals surface area contributed by atoms with Gasteiger partial charge in [0.15, 0.2) is 0 Å². The van der Waals surface area contributed by atoms with Gasteiger partial charge in [-0.3, -0.25) is 9.59 Å². The molecule has 2 amide bonds. The molecule has 2 aromatic rings.